The summed E-state index contributed by atoms with van der Waals surface area (Å²) < 4.78 is 0. The van der Waals surface area contributed by atoms with Crippen LogP contribution < -0.4 is 10.2 Å². The quantitative estimate of drug-likeness (QED) is 0.774. The average molecular weight is 295 g/mol. The molecule has 1 unspecified atom stereocenters. The standard InChI is InChI=1S/C16H29N3S/c1-8-14(12(2)18(3)4)17-15-10-9-13(19(5)6)11-16(15)20-7/h9-12,14,17H,8H2,1-7H3/t12?,14-/m0/s1. The van der Waals surface area contributed by atoms with Crippen LogP contribution in [0.25, 0.3) is 0 Å². The molecule has 1 N–H and O–H groups in total. The summed E-state index contributed by atoms with van der Waals surface area (Å²) in [6.07, 6.45) is 3.25. The highest BCUT2D eigenvalue weighted by Gasteiger charge is 2.18. The van der Waals surface area contributed by atoms with E-state index in [2.05, 4.69) is 81.6 Å². The molecule has 114 valence electrons. The molecule has 4 heteroatoms. The molecular weight excluding hydrogens is 266 g/mol. The molecule has 20 heavy (non-hydrogen) atoms. The van der Waals surface area contributed by atoms with Gasteiger partial charge in [0, 0.05) is 42.4 Å². The van der Waals surface area contributed by atoms with Crippen molar-refractivity contribution in [1.82, 2.24) is 4.90 Å². The summed E-state index contributed by atoms with van der Waals surface area (Å²) >= 11 is 1.80. The number of benzene rings is 1. The van der Waals surface area contributed by atoms with Gasteiger partial charge >= 0.3 is 0 Å². The van der Waals surface area contributed by atoms with Crippen LogP contribution >= 0.6 is 11.8 Å². The van der Waals surface area contributed by atoms with Gasteiger partial charge in [-0.05, 0) is 51.9 Å². The molecule has 1 rings (SSSR count). The third-order valence-corrected chi connectivity index (χ3v) is 4.66. The number of anilines is 2. The van der Waals surface area contributed by atoms with Crippen LogP contribution in [0.2, 0.25) is 0 Å². The Balaban J connectivity index is 2.95. The van der Waals surface area contributed by atoms with Gasteiger partial charge in [0.15, 0.2) is 0 Å². The highest BCUT2D eigenvalue weighted by Crippen LogP contribution is 2.30. The van der Waals surface area contributed by atoms with Gasteiger partial charge in [-0.25, -0.2) is 0 Å². The van der Waals surface area contributed by atoms with E-state index >= 15 is 0 Å². The first-order chi connectivity index (χ1) is 9.40. The van der Waals surface area contributed by atoms with Crippen molar-refractivity contribution in [2.24, 2.45) is 0 Å². The van der Waals surface area contributed by atoms with Gasteiger partial charge in [-0.15, -0.1) is 11.8 Å². The molecule has 0 bridgehead atoms. The lowest BCUT2D eigenvalue weighted by atomic mass is 10.1. The third kappa shape index (κ3) is 4.32. The minimum absolute atomic E-state index is 0.459. The molecule has 0 saturated carbocycles. The zero-order valence-corrected chi connectivity index (χ0v) is 14.7. The summed E-state index contributed by atoms with van der Waals surface area (Å²) in [7, 11) is 8.43. The van der Waals surface area contributed by atoms with Crippen LogP contribution in [0.15, 0.2) is 23.1 Å². The largest absolute Gasteiger partial charge is 0.380 e. The van der Waals surface area contributed by atoms with Crippen LogP contribution in [-0.4, -0.2) is 51.4 Å². The van der Waals surface area contributed by atoms with Gasteiger partial charge in [-0.2, -0.15) is 0 Å². The number of nitrogens with one attached hydrogen (secondary N) is 1. The predicted molar refractivity (Wildman–Crippen MR) is 93.4 cm³/mol. The van der Waals surface area contributed by atoms with Gasteiger partial charge < -0.3 is 15.1 Å². The molecule has 0 aliphatic rings. The molecule has 0 saturated heterocycles. The maximum absolute atomic E-state index is 3.71. The normalized spacial score (nSPS) is 14.2. The molecule has 3 nitrogen and oxygen atoms in total. The number of rotatable bonds is 7. The van der Waals surface area contributed by atoms with Crippen molar-refractivity contribution >= 4 is 23.1 Å². The van der Waals surface area contributed by atoms with Gasteiger partial charge in [0.05, 0.1) is 0 Å². The highest BCUT2D eigenvalue weighted by atomic mass is 32.2. The summed E-state index contributed by atoms with van der Waals surface area (Å²) in [6, 6.07) is 7.59. The van der Waals surface area contributed by atoms with E-state index < -0.39 is 0 Å². The Morgan fingerprint density at radius 2 is 1.85 bits per heavy atom. The molecule has 0 fully saturated rings. The maximum Gasteiger partial charge on any atom is 0.0482 e. The zero-order chi connectivity index (χ0) is 15.3. The molecule has 0 aliphatic heterocycles. The summed E-state index contributed by atoms with van der Waals surface area (Å²) in [4.78, 5) is 5.72. The van der Waals surface area contributed by atoms with E-state index in [1.165, 1.54) is 16.3 Å². The lowest BCUT2D eigenvalue weighted by Crippen LogP contribution is -2.40. The monoisotopic (exact) mass is 295 g/mol. The minimum atomic E-state index is 0.459. The Morgan fingerprint density at radius 3 is 2.30 bits per heavy atom. The zero-order valence-electron chi connectivity index (χ0n) is 13.9. The Labute approximate surface area is 128 Å². The Kier molecular flexibility index (Phi) is 6.69. The fraction of sp³-hybridized carbons (Fsp3) is 0.625. The molecule has 0 radical (unpaired) electrons. The van der Waals surface area contributed by atoms with E-state index in [1.807, 2.05) is 0 Å². The van der Waals surface area contributed by atoms with Crippen molar-refractivity contribution in [3.05, 3.63) is 18.2 Å². The fourth-order valence-corrected chi connectivity index (χ4v) is 2.79. The van der Waals surface area contributed by atoms with Crippen molar-refractivity contribution in [3.8, 4) is 0 Å². The molecule has 0 aromatic heterocycles. The molecular formula is C16H29N3S. The number of nitrogens with zero attached hydrogens (tertiary/aromatic N) is 2. The molecule has 0 aliphatic carbocycles. The van der Waals surface area contributed by atoms with E-state index in [9.17, 15) is 0 Å². The summed E-state index contributed by atoms with van der Waals surface area (Å²) in [5, 5.41) is 3.71. The van der Waals surface area contributed by atoms with E-state index in [-0.39, 0.29) is 0 Å². The highest BCUT2D eigenvalue weighted by molar-refractivity contribution is 7.98. The molecule has 0 spiro atoms. The molecule has 2 atom stereocenters. The van der Waals surface area contributed by atoms with Gasteiger partial charge in [-0.3, -0.25) is 0 Å². The minimum Gasteiger partial charge on any atom is -0.380 e. The van der Waals surface area contributed by atoms with Crippen molar-refractivity contribution in [3.63, 3.8) is 0 Å². The molecule has 0 heterocycles. The van der Waals surface area contributed by atoms with Crippen LogP contribution in [0.3, 0.4) is 0 Å². The first kappa shape index (κ1) is 17.2. The van der Waals surface area contributed by atoms with Crippen molar-refractivity contribution in [2.45, 2.75) is 37.2 Å². The number of hydrogen-bond acceptors (Lipinski definition) is 4. The van der Waals surface area contributed by atoms with Crippen molar-refractivity contribution < 1.29 is 0 Å². The van der Waals surface area contributed by atoms with Gasteiger partial charge in [-0.1, -0.05) is 6.92 Å². The van der Waals surface area contributed by atoms with Gasteiger partial charge in [0.1, 0.15) is 0 Å². The van der Waals surface area contributed by atoms with Crippen LogP contribution in [-0.2, 0) is 0 Å². The second-order valence-corrected chi connectivity index (χ2v) is 6.49. The van der Waals surface area contributed by atoms with Crippen LogP contribution in [0.4, 0.5) is 11.4 Å². The van der Waals surface area contributed by atoms with Gasteiger partial charge in [0.25, 0.3) is 0 Å². The first-order valence-corrected chi connectivity index (χ1v) is 8.41. The van der Waals surface area contributed by atoms with E-state index in [1.54, 1.807) is 11.8 Å². The second-order valence-electron chi connectivity index (χ2n) is 5.64. The van der Waals surface area contributed by atoms with Crippen LogP contribution in [0.1, 0.15) is 20.3 Å². The number of hydrogen-bond donors (Lipinski definition) is 1. The second kappa shape index (κ2) is 7.79. The first-order valence-electron chi connectivity index (χ1n) is 7.19. The Bertz CT molecular complexity index is 418. The van der Waals surface area contributed by atoms with Crippen molar-refractivity contribution in [1.29, 1.82) is 0 Å². The average Bonchev–Trinajstić information content (AvgIpc) is 2.43. The molecule has 0 amide bonds. The Hall–Kier alpha value is -0.870. The summed E-state index contributed by atoms with van der Waals surface area (Å²) in [5.41, 5.74) is 2.48. The Morgan fingerprint density at radius 1 is 1.20 bits per heavy atom. The van der Waals surface area contributed by atoms with E-state index in [0.29, 0.717) is 12.1 Å². The lowest BCUT2D eigenvalue weighted by Gasteiger charge is -2.31. The maximum atomic E-state index is 3.71. The smallest absolute Gasteiger partial charge is 0.0482 e. The molecule has 1 aromatic carbocycles. The topological polar surface area (TPSA) is 18.5 Å². The summed E-state index contributed by atoms with van der Waals surface area (Å²) in [6.45, 7) is 4.51. The van der Waals surface area contributed by atoms with E-state index in [0.717, 1.165) is 6.42 Å². The molecule has 1 aromatic rings. The summed E-state index contributed by atoms with van der Waals surface area (Å²) in [5.74, 6) is 0. The van der Waals surface area contributed by atoms with Crippen LogP contribution in [0, 0.1) is 0 Å². The van der Waals surface area contributed by atoms with E-state index in [4.69, 9.17) is 0 Å². The van der Waals surface area contributed by atoms with Gasteiger partial charge in [0.2, 0.25) is 0 Å². The number of likely N-dealkylation sites (N-methyl/N-ethyl adjacent to an activating group) is 1. The number of thioether (sulfide) groups is 1. The third-order valence-electron chi connectivity index (χ3n) is 3.88. The lowest BCUT2D eigenvalue weighted by molar-refractivity contribution is 0.278. The van der Waals surface area contributed by atoms with Crippen LogP contribution in [0.5, 0.6) is 0 Å². The predicted octanol–water partition coefficient (Wildman–Crippen LogP) is 3.62. The van der Waals surface area contributed by atoms with Crippen molar-refractivity contribution in [2.75, 3.05) is 44.7 Å². The SMILES string of the molecule is CC[C@H](Nc1ccc(N(C)C)cc1SC)C(C)N(C)C. The fourth-order valence-electron chi connectivity index (χ4n) is 2.20.